The minimum absolute atomic E-state index is 0.173. The first-order chi connectivity index (χ1) is 9.20. The molecule has 2 rings (SSSR count). The van der Waals surface area contributed by atoms with Crippen LogP contribution in [0.15, 0.2) is 18.5 Å². The number of thiazole rings is 1. The van der Waals surface area contributed by atoms with Gasteiger partial charge < -0.3 is 10.1 Å². The van der Waals surface area contributed by atoms with E-state index in [9.17, 15) is 4.79 Å². The Bertz CT molecular complexity index is 541. The summed E-state index contributed by atoms with van der Waals surface area (Å²) < 4.78 is 6.47. The van der Waals surface area contributed by atoms with Gasteiger partial charge in [0.2, 0.25) is 0 Å². The molecule has 0 aromatic carbocycles. The maximum absolute atomic E-state index is 11.4. The van der Waals surface area contributed by atoms with Gasteiger partial charge in [0.25, 0.3) is 0 Å². The van der Waals surface area contributed by atoms with Crippen molar-refractivity contribution in [3.05, 3.63) is 28.5 Å². The predicted octanol–water partition coefficient (Wildman–Crippen LogP) is 2.28. The molecule has 19 heavy (non-hydrogen) atoms. The van der Waals surface area contributed by atoms with Crippen molar-refractivity contribution < 1.29 is 9.53 Å². The van der Waals surface area contributed by atoms with Gasteiger partial charge in [0.1, 0.15) is 0 Å². The number of carbonyl (C=O) groups excluding carboxylic acids is 1. The SMILES string of the molecule is COC(=O)c1sc(NCCCn2cccn2)nc1Cl. The Balaban J connectivity index is 1.81. The van der Waals surface area contributed by atoms with Gasteiger partial charge in [-0.25, -0.2) is 9.78 Å². The van der Waals surface area contributed by atoms with Crippen molar-refractivity contribution in [2.45, 2.75) is 13.0 Å². The average Bonchev–Trinajstić information content (AvgIpc) is 3.03. The highest BCUT2D eigenvalue weighted by atomic mass is 35.5. The van der Waals surface area contributed by atoms with E-state index in [0.29, 0.717) is 10.0 Å². The highest BCUT2D eigenvalue weighted by Crippen LogP contribution is 2.27. The van der Waals surface area contributed by atoms with Gasteiger partial charge >= 0.3 is 5.97 Å². The van der Waals surface area contributed by atoms with E-state index in [1.54, 1.807) is 6.20 Å². The zero-order valence-electron chi connectivity index (χ0n) is 10.3. The number of carbonyl (C=O) groups is 1. The minimum Gasteiger partial charge on any atom is -0.465 e. The van der Waals surface area contributed by atoms with Gasteiger partial charge in [-0.2, -0.15) is 5.10 Å². The molecule has 2 heterocycles. The van der Waals surface area contributed by atoms with Crippen molar-refractivity contribution in [3.63, 3.8) is 0 Å². The van der Waals surface area contributed by atoms with Gasteiger partial charge in [-0.3, -0.25) is 4.68 Å². The Hall–Kier alpha value is -1.60. The van der Waals surface area contributed by atoms with E-state index in [2.05, 4.69) is 20.1 Å². The van der Waals surface area contributed by atoms with E-state index in [1.807, 2.05) is 16.9 Å². The number of ether oxygens (including phenoxy) is 1. The topological polar surface area (TPSA) is 69.0 Å². The molecule has 0 amide bonds. The second-order valence-electron chi connectivity index (χ2n) is 3.68. The molecule has 0 saturated carbocycles. The zero-order chi connectivity index (χ0) is 13.7. The third kappa shape index (κ3) is 3.68. The van der Waals surface area contributed by atoms with E-state index in [1.165, 1.54) is 18.4 Å². The molecule has 6 nitrogen and oxygen atoms in total. The highest BCUT2D eigenvalue weighted by Gasteiger charge is 2.16. The maximum Gasteiger partial charge on any atom is 0.351 e. The van der Waals surface area contributed by atoms with Crippen LogP contribution in [-0.2, 0) is 11.3 Å². The molecule has 0 aliphatic carbocycles. The fourth-order valence-electron chi connectivity index (χ4n) is 1.46. The molecule has 0 fully saturated rings. The molecule has 0 saturated heterocycles. The van der Waals surface area contributed by atoms with Crippen LogP contribution in [0, 0.1) is 0 Å². The number of methoxy groups -OCH3 is 1. The Morgan fingerprint density at radius 3 is 3.16 bits per heavy atom. The van der Waals surface area contributed by atoms with E-state index in [-0.39, 0.29) is 5.15 Å². The third-order valence-electron chi connectivity index (χ3n) is 2.36. The summed E-state index contributed by atoms with van der Waals surface area (Å²) in [6.07, 6.45) is 4.55. The summed E-state index contributed by atoms with van der Waals surface area (Å²) in [4.78, 5) is 15.7. The summed E-state index contributed by atoms with van der Waals surface area (Å²) in [6.45, 7) is 1.55. The van der Waals surface area contributed by atoms with Crippen LogP contribution in [0.1, 0.15) is 16.1 Å². The third-order valence-corrected chi connectivity index (χ3v) is 3.73. The van der Waals surface area contributed by atoms with E-state index in [0.717, 1.165) is 19.5 Å². The number of hydrogen-bond donors (Lipinski definition) is 1. The van der Waals surface area contributed by atoms with Gasteiger partial charge in [0, 0.05) is 25.5 Å². The Labute approximate surface area is 119 Å². The first kappa shape index (κ1) is 13.8. The molecule has 0 spiro atoms. The number of nitrogens with zero attached hydrogens (tertiary/aromatic N) is 3. The van der Waals surface area contributed by atoms with Crippen molar-refractivity contribution in [2.24, 2.45) is 0 Å². The van der Waals surface area contributed by atoms with Crippen molar-refractivity contribution >= 4 is 34.0 Å². The van der Waals surface area contributed by atoms with E-state index >= 15 is 0 Å². The van der Waals surface area contributed by atoms with E-state index in [4.69, 9.17) is 11.6 Å². The Morgan fingerprint density at radius 2 is 2.47 bits per heavy atom. The number of aromatic nitrogens is 3. The quantitative estimate of drug-likeness (QED) is 0.655. The van der Waals surface area contributed by atoms with Crippen LogP contribution < -0.4 is 5.32 Å². The molecular formula is C11H13ClN4O2S. The molecule has 1 N–H and O–H groups in total. The van der Waals surface area contributed by atoms with Crippen molar-refractivity contribution in [1.29, 1.82) is 0 Å². The zero-order valence-corrected chi connectivity index (χ0v) is 11.9. The molecule has 0 bridgehead atoms. The van der Waals surface area contributed by atoms with Gasteiger partial charge in [-0.15, -0.1) is 0 Å². The minimum atomic E-state index is -0.466. The molecule has 2 aromatic heterocycles. The lowest BCUT2D eigenvalue weighted by atomic mass is 10.4. The van der Waals surface area contributed by atoms with Crippen LogP contribution in [-0.4, -0.2) is 34.4 Å². The molecule has 2 aromatic rings. The number of hydrogen-bond acceptors (Lipinski definition) is 6. The van der Waals surface area contributed by atoms with Crippen LogP contribution in [0.5, 0.6) is 0 Å². The molecule has 0 aliphatic rings. The number of nitrogens with one attached hydrogen (secondary N) is 1. The number of rotatable bonds is 6. The fraction of sp³-hybridized carbons (Fsp3) is 0.364. The van der Waals surface area contributed by atoms with Crippen molar-refractivity contribution in [2.75, 3.05) is 19.0 Å². The summed E-state index contributed by atoms with van der Waals surface area (Å²) >= 11 is 7.05. The molecule has 8 heteroatoms. The standard InChI is InChI=1S/C11H13ClN4O2S/c1-18-10(17)8-9(12)15-11(19-8)13-4-2-6-16-7-3-5-14-16/h3,5,7H,2,4,6H2,1H3,(H,13,15). The molecule has 0 atom stereocenters. The lowest BCUT2D eigenvalue weighted by molar-refractivity contribution is 0.0606. The van der Waals surface area contributed by atoms with Gasteiger partial charge in [0.05, 0.1) is 7.11 Å². The molecular weight excluding hydrogens is 288 g/mol. The van der Waals surface area contributed by atoms with Crippen LogP contribution in [0.25, 0.3) is 0 Å². The Kier molecular flexibility index (Phi) is 4.75. The summed E-state index contributed by atoms with van der Waals surface area (Å²) in [5, 5.41) is 8.02. The second-order valence-corrected chi connectivity index (χ2v) is 5.04. The van der Waals surface area contributed by atoms with E-state index < -0.39 is 5.97 Å². The van der Waals surface area contributed by atoms with Crippen LogP contribution >= 0.6 is 22.9 Å². The summed E-state index contributed by atoms with van der Waals surface area (Å²) in [5.41, 5.74) is 0. The Morgan fingerprint density at radius 1 is 1.63 bits per heavy atom. The molecule has 102 valence electrons. The lowest BCUT2D eigenvalue weighted by Gasteiger charge is -2.02. The number of anilines is 1. The van der Waals surface area contributed by atoms with Gasteiger partial charge in [-0.05, 0) is 12.5 Å². The first-order valence-electron chi connectivity index (χ1n) is 5.66. The van der Waals surface area contributed by atoms with Crippen LogP contribution in [0.2, 0.25) is 5.15 Å². The number of esters is 1. The summed E-state index contributed by atoms with van der Waals surface area (Å²) in [7, 11) is 1.32. The number of halogens is 1. The van der Waals surface area contributed by atoms with Gasteiger partial charge in [-0.1, -0.05) is 22.9 Å². The summed E-state index contributed by atoms with van der Waals surface area (Å²) in [6, 6.07) is 1.89. The fourth-order valence-corrected chi connectivity index (χ4v) is 2.59. The number of aryl methyl sites for hydroxylation is 1. The maximum atomic E-state index is 11.4. The lowest BCUT2D eigenvalue weighted by Crippen LogP contribution is -2.06. The molecule has 0 radical (unpaired) electrons. The van der Waals surface area contributed by atoms with Crippen molar-refractivity contribution in [1.82, 2.24) is 14.8 Å². The van der Waals surface area contributed by atoms with Gasteiger partial charge in [0.15, 0.2) is 15.2 Å². The summed E-state index contributed by atoms with van der Waals surface area (Å²) in [5.74, 6) is -0.466. The van der Waals surface area contributed by atoms with Crippen LogP contribution in [0.4, 0.5) is 5.13 Å². The second kappa shape index (κ2) is 6.53. The normalized spacial score (nSPS) is 10.4. The molecule has 0 aliphatic heterocycles. The predicted molar refractivity (Wildman–Crippen MR) is 73.8 cm³/mol. The molecule has 0 unspecified atom stereocenters. The highest BCUT2D eigenvalue weighted by molar-refractivity contribution is 7.18. The monoisotopic (exact) mass is 300 g/mol. The average molecular weight is 301 g/mol. The van der Waals surface area contributed by atoms with Crippen molar-refractivity contribution in [3.8, 4) is 0 Å². The van der Waals surface area contributed by atoms with Crippen LogP contribution in [0.3, 0.4) is 0 Å². The smallest absolute Gasteiger partial charge is 0.351 e. The first-order valence-corrected chi connectivity index (χ1v) is 6.86. The largest absolute Gasteiger partial charge is 0.465 e.